The zero-order valence-electron chi connectivity index (χ0n) is 18.5. The lowest BCUT2D eigenvalue weighted by Crippen LogP contribution is -2.20. The third kappa shape index (κ3) is 4.64. The van der Waals surface area contributed by atoms with Crippen molar-refractivity contribution in [3.63, 3.8) is 0 Å². The lowest BCUT2D eigenvalue weighted by Gasteiger charge is -2.19. The first kappa shape index (κ1) is 23.8. The molecule has 4 rings (SSSR count). The maximum Gasteiger partial charge on any atom is 0.177 e. The van der Waals surface area contributed by atoms with Crippen molar-refractivity contribution < 1.29 is 26.3 Å². The highest BCUT2D eigenvalue weighted by atomic mass is 32.2. The molecule has 0 heterocycles. The lowest BCUT2D eigenvalue weighted by atomic mass is 9.96. The summed E-state index contributed by atoms with van der Waals surface area (Å²) in [7, 11) is -3.29. The monoisotopic (exact) mass is 485 g/mol. The summed E-state index contributed by atoms with van der Waals surface area (Å²) in [5.41, 5.74) is 8.21. The van der Waals surface area contributed by atoms with Crippen molar-refractivity contribution in [3.8, 4) is 16.9 Å². The molecule has 0 saturated heterocycles. The summed E-state index contributed by atoms with van der Waals surface area (Å²) < 4.78 is 70.3. The molecular weight excluding hydrogens is 463 g/mol. The van der Waals surface area contributed by atoms with E-state index in [4.69, 9.17) is 10.5 Å². The average molecular weight is 486 g/mol. The minimum absolute atomic E-state index is 0.237. The third-order valence-electron chi connectivity index (χ3n) is 5.66. The van der Waals surface area contributed by atoms with Gasteiger partial charge in [0, 0.05) is 23.4 Å². The van der Waals surface area contributed by atoms with Crippen molar-refractivity contribution in [1.29, 1.82) is 0 Å². The number of sulfone groups is 1. The second-order valence-corrected chi connectivity index (χ2v) is 9.97. The van der Waals surface area contributed by atoms with Crippen LogP contribution in [0.25, 0.3) is 21.9 Å². The van der Waals surface area contributed by atoms with Crippen molar-refractivity contribution in [2.24, 2.45) is 5.73 Å². The normalized spacial score (nSPS) is 12.6. The number of hydrogen-bond donors (Lipinski definition) is 1. The maximum atomic E-state index is 14.2. The van der Waals surface area contributed by atoms with Crippen molar-refractivity contribution in [3.05, 3.63) is 95.3 Å². The fraction of sp³-hybridized carbons (Fsp3) is 0.154. The van der Waals surface area contributed by atoms with Gasteiger partial charge in [-0.25, -0.2) is 21.6 Å². The van der Waals surface area contributed by atoms with Crippen LogP contribution in [0.5, 0.6) is 5.75 Å². The summed E-state index contributed by atoms with van der Waals surface area (Å²) >= 11 is 0. The van der Waals surface area contributed by atoms with Gasteiger partial charge in [0.1, 0.15) is 11.6 Å². The zero-order valence-corrected chi connectivity index (χ0v) is 19.3. The van der Waals surface area contributed by atoms with Crippen LogP contribution in [0.3, 0.4) is 0 Å². The summed E-state index contributed by atoms with van der Waals surface area (Å²) in [6, 6.07) is 17.1. The summed E-state index contributed by atoms with van der Waals surface area (Å²) in [5, 5.41) is 1.82. The Morgan fingerprint density at radius 1 is 0.853 bits per heavy atom. The van der Waals surface area contributed by atoms with Crippen molar-refractivity contribution in [2.45, 2.75) is 24.5 Å². The van der Waals surface area contributed by atoms with Crippen molar-refractivity contribution in [2.75, 3.05) is 6.26 Å². The number of hydrogen-bond acceptors (Lipinski definition) is 4. The summed E-state index contributed by atoms with van der Waals surface area (Å²) in [4.78, 5) is 0.237. The molecule has 0 aliphatic heterocycles. The van der Waals surface area contributed by atoms with Crippen LogP contribution in [0.15, 0.2) is 71.6 Å². The number of halogens is 3. The molecule has 0 fully saturated rings. The number of ether oxygens (including phenoxy) is 1. The Hall–Kier alpha value is -3.36. The fourth-order valence-electron chi connectivity index (χ4n) is 3.87. The molecule has 0 radical (unpaired) electrons. The van der Waals surface area contributed by atoms with Crippen LogP contribution >= 0.6 is 0 Å². The highest BCUT2D eigenvalue weighted by Gasteiger charge is 2.19. The standard InChI is InChI=1S/C26H22F3NO3S/c1-3-19-20-12-17(15-6-9-18(10-7-15)34(2,31)32)5-4-16(20)8-11-25(19)33-26(30)21-13-23(28)24(29)14-22(21)27/h4-14,26H,3,30H2,1-2H3. The Labute approximate surface area is 195 Å². The van der Waals surface area contributed by atoms with E-state index in [0.29, 0.717) is 24.3 Å². The number of fused-ring (bicyclic) bond motifs is 1. The van der Waals surface area contributed by atoms with Crippen LogP contribution in [-0.2, 0) is 16.3 Å². The van der Waals surface area contributed by atoms with Gasteiger partial charge < -0.3 is 4.74 Å². The molecule has 8 heteroatoms. The van der Waals surface area contributed by atoms with Gasteiger partial charge in [0.15, 0.2) is 27.7 Å². The Balaban J connectivity index is 1.73. The molecule has 0 spiro atoms. The highest BCUT2D eigenvalue weighted by Crippen LogP contribution is 2.34. The second kappa shape index (κ2) is 9.12. The molecule has 0 aromatic heterocycles. The van der Waals surface area contributed by atoms with E-state index in [2.05, 4.69) is 0 Å². The molecule has 1 atom stereocenters. The number of aryl methyl sites for hydroxylation is 1. The van der Waals surface area contributed by atoms with Crippen LogP contribution in [0.2, 0.25) is 0 Å². The molecule has 0 bridgehead atoms. The minimum atomic E-state index is -3.29. The zero-order chi connectivity index (χ0) is 24.6. The first-order valence-corrected chi connectivity index (χ1v) is 12.4. The van der Waals surface area contributed by atoms with Crippen LogP contribution in [0, 0.1) is 17.5 Å². The number of benzene rings is 4. The first-order valence-electron chi connectivity index (χ1n) is 10.5. The van der Waals surface area contributed by atoms with E-state index in [0.717, 1.165) is 33.7 Å². The van der Waals surface area contributed by atoms with Gasteiger partial charge in [0.2, 0.25) is 0 Å². The van der Waals surface area contributed by atoms with E-state index in [9.17, 15) is 21.6 Å². The largest absolute Gasteiger partial charge is 0.471 e. The predicted octanol–water partition coefficient (Wildman–Crippen LogP) is 5.93. The van der Waals surface area contributed by atoms with Crippen molar-refractivity contribution >= 4 is 20.6 Å². The van der Waals surface area contributed by atoms with E-state index in [1.807, 2.05) is 31.2 Å². The second-order valence-electron chi connectivity index (χ2n) is 7.95. The van der Waals surface area contributed by atoms with Crippen LogP contribution in [0.1, 0.15) is 24.3 Å². The van der Waals surface area contributed by atoms with Gasteiger partial charge in [0.25, 0.3) is 0 Å². The smallest absolute Gasteiger partial charge is 0.177 e. The molecule has 2 N–H and O–H groups in total. The van der Waals surface area contributed by atoms with Gasteiger partial charge in [-0.3, -0.25) is 5.73 Å². The third-order valence-corrected chi connectivity index (χ3v) is 6.79. The fourth-order valence-corrected chi connectivity index (χ4v) is 4.50. The number of nitrogens with two attached hydrogens (primary N) is 1. The molecule has 4 aromatic carbocycles. The van der Waals surface area contributed by atoms with Crippen LogP contribution in [0.4, 0.5) is 13.2 Å². The Kier molecular flexibility index (Phi) is 6.38. The summed E-state index contributed by atoms with van der Waals surface area (Å²) in [6.07, 6.45) is 0.379. The van der Waals surface area contributed by atoms with Crippen molar-refractivity contribution in [1.82, 2.24) is 0 Å². The predicted molar refractivity (Wildman–Crippen MR) is 126 cm³/mol. The van der Waals surface area contributed by atoms with E-state index >= 15 is 0 Å². The summed E-state index contributed by atoms with van der Waals surface area (Å²) in [6.45, 7) is 1.93. The first-order chi connectivity index (χ1) is 16.1. The Morgan fingerprint density at radius 3 is 2.12 bits per heavy atom. The molecule has 0 aliphatic carbocycles. The quantitative estimate of drug-likeness (QED) is 0.272. The lowest BCUT2D eigenvalue weighted by molar-refractivity contribution is 0.206. The topological polar surface area (TPSA) is 69.4 Å². The molecule has 4 aromatic rings. The maximum absolute atomic E-state index is 14.2. The van der Waals surface area contributed by atoms with Crippen LogP contribution in [-0.4, -0.2) is 14.7 Å². The van der Waals surface area contributed by atoms with Gasteiger partial charge in [-0.15, -0.1) is 0 Å². The van der Waals surface area contributed by atoms with Gasteiger partial charge in [-0.05, 0) is 58.7 Å². The molecule has 34 heavy (non-hydrogen) atoms. The minimum Gasteiger partial charge on any atom is -0.471 e. The Bertz CT molecular complexity index is 1490. The molecule has 0 saturated carbocycles. The van der Waals surface area contributed by atoms with Gasteiger partial charge >= 0.3 is 0 Å². The van der Waals surface area contributed by atoms with E-state index < -0.39 is 33.5 Å². The van der Waals surface area contributed by atoms with E-state index in [1.165, 1.54) is 0 Å². The van der Waals surface area contributed by atoms with Gasteiger partial charge in [-0.1, -0.05) is 37.3 Å². The average Bonchev–Trinajstić information content (AvgIpc) is 2.80. The molecule has 4 nitrogen and oxygen atoms in total. The Morgan fingerprint density at radius 2 is 1.47 bits per heavy atom. The molecule has 0 amide bonds. The molecular formula is C26H22F3NO3S. The van der Waals surface area contributed by atoms with Crippen LogP contribution < -0.4 is 10.5 Å². The highest BCUT2D eigenvalue weighted by molar-refractivity contribution is 7.90. The molecule has 176 valence electrons. The van der Waals surface area contributed by atoms with E-state index in [-0.39, 0.29) is 10.5 Å². The summed E-state index contributed by atoms with van der Waals surface area (Å²) in [5.74, 6) is -3.11. The number of rotatable bonds is 6. The van der Waals surface area contributed by atoms with Gasteiger partial charge in [0.05, 0.1) is 4.90 Å². The SMILES string of the molecule is CCc1c(OC(N)c2cc(F)c(F)cc2F)ccc2ccc(-c3ccc(S(C)(=O)=O)cc3)cc12. The molecule has 0 aliphatic rings. The van der Waals surface area contributed by atoms with E-state index in [1.54, 1.807) is 30.3 Å². The molecule has 1 unspecified atom stereocenters. The van der Waals surface area contributed by atoms with Gasteiger partial charge in [-0.2, -0.15) is 0 Å².